The van der Waals surface area contributed by atoms with Gasteiger partial charge in [-0.25, -0.2) is 9.18 Å². The number of nitrogens with zero attached hydrogens (tertiary/aromatic N) is 2. The number of halogens is 2. The van der Waals surface area contributed by atoms with Crippen molar-refractivity contribution in [3.8, 4) is 11.3 Å². The van der Waals surface area contributed by atoms with Crippen molar-refractivity contribution >= 4 is 29.2 Å². The Bertz CT molecular complexity index is 1040. The predicted octanol–water partition coefficient (Wildman–Crippen LogP) is 4.08. The Morgan fingerprint density at radius 3 is 2.68 bits per heavy atom. The molecule has 31 heavy (non-hydrogen) atoms. The second kappa shape index (κ2) is 10.6. The van der Waals surface area contributed by atoms with Crippen molar-refractivity contribution in [2.45, 2.75) is 12.8 Å². The number of urea groups is 1. The van der Waals surface area contributed by atoms with Gasteiger partial charge in [0.2, 0.25) is 5.91 Å². The molecule has 0 spiro atoms. The Morgan fingerprint density at radius 1 is 1.16 bits per heavy atom. The number of carbonyl (C=O) groups is 2. The second-order valence-corrected chi connectivity index (χ2v) is 7.46. The molecule has 0 aliphatic rings. The van der Waals surface area contributed by atoms with Crippen LogP contribution in [0.5, 0.6) is 0 Å². The van der Waals surface area contributed by atoms with Crippen molar-refractivity contribution in [2.24, 2.45) is 0 Å². The van der Waals surface area contributed by atoms with Crippen LogP contribution in [0.1, 0.15) is 12.1 Å². The lowest BCUT2D eigenvalue weighted by atomic mass is 10.1. The van der Waals surface area contributed by atoms with Crippen LogP contribution in [0.15, 0.2) is 54.6 Å². The van der Waals surface area contributed by atoms with Gasteiger partial charge < -0.3 is 15.5 Å². The van der Waals surface area contributed by atoms with E-state index in [1.54, 1.807) is 43.4 Å². The van der Waals surface area contributed by atoms with Crippen molar-refractivity contribution < 1.29 is 14.0 Å². The van der Waals surface area contributed by atoms with Gasteiger partial charge in [-0.1, -0.05) is 23.7 Å². The lowest BCUT2D eigenvalue weighted by Gasteiger charge is -2.17. The van der Waals surface area contributed by atoms with E-state index in [4.69, 9.17) is 11.6 Å². The summed E-state index contributed by atoms with van der Waals surface area (Å²) in [5, 5.41) is 13.0. The fraction of sp³-hybridized carbons (Fsp3) is 0.227. The summed E-state index contributed by atoms with van der Waals surface area (Å²) in [7, 11) is 1.66. The molecule has 9 heteroatoms. The van der Waals surface area contributed by atoms with Crippen molar-refractivity contribution in [3.63, 3.8) is 0 Å². The second-order valence-electron chi connectivity index (χ2n) is 7.03. The number of benzene rings is 2. The van der Waals surface area contributed by atoms with Crippen LogP contribution in [-0.2, 0) is 11.2 Å². The molecule has 162 valence electrons. The molecule has 7 nitrogen and oxygen atoms in total. The minimum absolute atomic E-state index is 0.136. The van der Waals surface area contributed by atoms with Crippen LogP contribution in [-0.4, -0.2) is 47.2 Å². The normalized spacial score (nSPS) is 10.5. The van der Waals surface area contributed by atoms with E-state index in [2.05, 4.69) is 20.8 Å². The van der Waals surface area contributed by atoms with Crippen LogP contribution in [0.2, 0.25) is 5.02 Å². The van der Waals surface area contributed by atoms with Gasteiger partial charge in [0.15, 0.2) is 0 Å². The number of amides is 3. The average Bonchev–Trinajstić information content (AvgIpc) is 3.22. The summed E-state index contributed by atoms with van der Waals surface area (Å²) in [5.41, 5.74) is 2.88. The first-order chi connectivity index (χ1) is 14.9. The minimum atomic E-state index is -0.337. The molecule has 1 heterocycles. The van der Waals surface area contributed by atoms with E-state index in [0.717, 1.165) is 5.69 Å². The van der Waals surface area contributed by atoms with E-state index in [9.17, 15) is 14.0 Å². The summed E-state index contributed by atoms with van der Waals surface area (Å²) in [5.74, 6) is -0.636. The van der Waals surface area contributed by atoms with E-state index in [1.807, 2.05) is 6.07 Å². The SMILES string of the molecule is CN(CCCc1cc(-c2cccc(F)c2)n[nH]1)C(=O)NCC(=O)Nc1ccc(Cl)cc1. The fourth-order valence-electron chi connectivity index (χ4n) is 2.92. The molecule has 0 unspecified atom stereocenters. The highest BCUT2D eigenvalue weighted by Gasteiger charge is 2.11. The summed E-state index contributed by atoms with van der Waals surface area (Å²) in [6.07, 6.45) is 1.38. The van der Waals surface area contributed by atoms with Crippen LogP contribution >= 0.6 is 11.6 Å². The van der Waals surface area contributed by atoms with Gasteiger partial charge in [0.25, 0.3) is 0 Å². The smallest absolute Gasteiger partial charge is 0.317 e. The Morgan fingerprint density at radius 2 is 1.94 bits per heavy atom. The number of aryl methyl sites for hydroxylation is 1. The third-order valence-electron chi connectivity index (χ3n) is 4.57. The van der Waals surface area contributed by atoms with Gasteiger partial charge in [-0.3, -0.25) is 9.89 Å². The number of carbonyl (C=O) groups excluding carboxylic acids is 2. The zero-order chi connectivity index (χ0) is 22.2. The van der Waals surface area contributed by atoms with Gasteiger partial charge in [0.1, 0.15) is 5.82 Å². The maximum Gasteiger partial charge on any atom is 0.317 e. The van der Waals surface area contributed by atoms with Crippen LogP contribution in [0.3, 0.4) is 0 Å². The molecule has 0 atom stereocenters. The molecule has 2 aromatic carbocycles. The van der Waals surface area contributed by atoms with Gasteiger partial charge in [0, 0.05) is 35.6 Å². The first kappa shape index (κ1) is 22.3. The number of aromatic amines is 1. The summed E-state index contributed by atoms with van der Waals surface area (Å²) in [6, 6.07) is 14.5. The molecule has 3 rings (SSSR count). The molecule has 0 aliphatic heterocycles. The van der Waals surface area contributed by atoms with E-state index in [-0.39, 0.29) is 24.3 Å². The van der Waals surface area contributed by atoms with Crippen molar-refractivity contribution in [3.05, 3.63) is 71.1 Å². The molecular weight excluding hydrogens is 421 g/mol. The molecule has 0 bridgehead atoms. The van der Waals surface area contributed by atoms with Gasteiger partial charge in [-0.15, -0.1) is 0 Å². The number of hydrogen-bond acceptors (Lipinski definition) is 3. The Balaban J connectivity index is 1.38. The average molecular weight is 444 g/mol. The van der Waals surface area contributed by atoms with E-state index in [1.165, 1.54) is 17.0 Å². The van der Waals surface area contributed by atoms with Crippen LogP contribution in [0, 0.1) is 5.82 Å². The number of hydrogen-bond donors (Lipinski definition) is 3. The Kier molecular flexibility index (Phi) is 7.61. The van der Waals surface area contributed by atoms with E-state index < -0.39 is 0 Å². The Labute approximate surface area is 184 Å². The number of aromatic nitrogens is 2. The number of H-pyrrole nitrogens is 1. The number of anilines is 1. The minimum Gasteiger partial charge on any atom is -0.329 e. The standard InChI is InChI=1S/C22H23ClFN5O2/c1-29(22(31)25-14-21(30)26-18-9-7-16(23)8-10-18)11-3-6-19-13-20(28-27-19)15-4-2-5-17(24)12-15/h2,4-5,7-10,12-13H,3,6,11,14H2,1H3,(H,25,31)(H,26,30)(H,27,28). The first-order valence-corrected chi connectivity index (χ1v) is 10.1. The van der Waals surface area contributed by atoms with Gasteiger partial charge in [-0.2, -0.15) is 5.10 Å². The zero-order valence-corrected chi connectivity index (χ0v) is 17.7. The largest absolute Gasteiger partial charge is 0.329 e. The summed E-state index contributed by atoms with van der Waals surface area (Å²) < 4.78 is 13.4. The number of rotatable bonds is 8. The lowest BCUT2D eigenvalue weighted by molar-refractivity contribution is -0.115. The third-order valence-corrected chi connectivity index (χ3v) is 4.82. The summed E-state index contributed by atoms with van der Waals surface area (Å²) in [4.78, 5) is 25.6. The molecule has 0 fully saturated rings. The van der Waals surface area contributed by atoms with Crippen LogP contribution < -0.4 is 10.6 Å². The monoisotopic (exact) mass is 443 g/mol. The van der Waals surface area contributed by atoms with E-state index in [0.29, 0.717) is 41.4 Å². The first-order valence-electron chi connectivity index (χ1n) is 9.75. The molecule has 3 N–H and O–H groups in total. The molecule has 0 radical (unpaired) electrons. The van der Waals surface area contributed by atoms with E-state index >= 15 is 0 Å². The van der Waals surface area contributed by atoms with Crippen LogP contribution in [0.25, 0.3) is 11.3 Å². The molecule has 0 aliphatic carbocycles. The topological polar surface area (TPSA) is 90.1 Å². The summed E-state index contributed by atoms with van der Waals surface area (Å²) in [6.45, 7) is 0.363. The lowest BCUT2D eigenvalue weighted by Crippen LogP contribution is -2.41. The third kappa shape index (κ3) is 6.82. The van der Waals surface area contributed by atoms with Gasteiger partial charge >= 0.3 is 6.03 Å². The maximum absolute atomic E-state index is 13.4. The highest BCUT2D eigenvalue weighted by Crippen LogP contribution is 2.19. The fourth-order valence-corrected chi connectivity index (χ4v) is 3.05. The van der Waals surface area contributed by atoms with Crippen molar-refractivity contribution in [2.75, 3.05) is 25.5 Å². The maximum atomic E-state index is 13.4. The molecule has 0 saturated carbocycles. The molecule has 0 saturated heterocycles. The Hall–Kier alpha value is -3.39. The number of nitrogens with one attached hydrogen (secondary N) is 3. The van der Waals surface area contributed by atoms with Gasteiger partial charge in [-0.05, 0) is 55.3 Å². The highest BCUT2D eigenvalue weighted by atomic mass is 35.5. The molecule has 1 aromatic heterocycles. The molecule has 3 amide bonds. The van der Waals surface area contributed by atoms with Crippen LogP contribution in [0.4, 0.5) is 14.9 Å². The quantitative estimate of drug-likeness (QED) is 0.490. The zero-order valence-electron chi connectivity index (χ0n) is 17.0. The van der Waals surface area contributed by atoms with Crippen molar-refractivity contribution in [1.82, 2.24) is 20.4 Å². The van der Waals surface area contributed by atoms with Crippen molar-refractivity contribution in [1.29, 1.82) is 0 Å². The predicted molar refractivity (Wildman–Crippen MR) is 118 cm³/mol. The molecular formula is C22H23ClFN5O2. The molecule has 3 aromatic rings. The summed E-state index contributed by atoms with van der Waals surface area (Å²) >= 11 is 5.81. The highest BCUT2D eigenvalue weighted by molar-refractivity contribution is 6.30. The van der Waals surface area contributed by atoms with Gasteiger partial charge in [0.05, 0.1) is 12.2 Å².